The molecule has 0 aromatic heterocycles. The van der Waals surface area contributed by atoms with E-state index >= 15 is 0 Å². The molecule has 0 unspecified atom stereocenters. The molecule has 18 heavy (non-hydrogen) atoms. The van der Waals surface area contributed by atoms with Crippen molar-refractivity contribution in [2.24, 2.45) is 5.73 Å². The van der Waals surface area contributed by atoms with Gasteiger partial charge >= 0.3 is 0 Å². The zero-order valence-electron chi connectivity index (χ0n) is 10.6. The smallest absolute Gasteiger partial charge is 0.255 e. The van der Waals surface area contributed by atoms with Crippen LogP contribution >= 0.6 is 0 Å². The first-order valence-corrected chi connectivity index (χ1v) is 6.07. The molecular weight excluding hydrogens is 232 g/mol. The average molecular weight is 252 g/mol. The number of nitrogens with two attached hydrogens (primary N) is 1. The number of para-hydroxylation sites is 1. The van der Waals surface area contributed by atoms with E-state index in [4.69, 9.17) is 15.2 Å². The molecular formula is C13H20N2O3. The minimum absolute atomic E-state index is 0.174. The summed E-state index contributed by atoms with van der Waals surface area (Å²) in [6, 6.07) is 7.12. The van der Waals surface area contributed by atoms with Gasteiger partial charge in [0, 0.05) is 19.7 Å². The topological polar surface area (TPSA) is 73.6 Å². The Bertz CT molecular complexity index is 369. The standard InChI is InChI=1S/C13H20N2O3/c1-2-17-9-10-18-12-6-4-3-5-11(12)13(16)15-8-7-14/h3-6H,2,7-10,14H2,1H3,(H,15,16). The van der Waals surface area contributed by atoms with Crippen molar-refractivity contribution in [3.8, 4) is 5.75 Å². The second kappa shape index (κ2) is 8.49. The lowest BCUT2D eigenvalue weighted by Crippen LogP contribution is -2.29. The van der Waals surface area contributed by atoms with Crippen LogP contribution in [0.5, 0.6) is 5.75 Å². The Labute approximate surface area is 107 Å². The number of nitrogens with one attached hydrogen (secondary N) is 1. The molecule has 0 radical (unpaired) electrons. The van der Waals surface area contributed by atoms with E-state index < -0.39 is 0 Å². The zero-order chi connectivity index (χ0) is 13.2. The van der Waals surface area contributed by atoms with Crippen molar-refractivity contribution < 1.29 is 14.3 Å². The van der Waals surface area contributed by atoms with Gasteiger partial charge in [-0.05, 0) is 19.1 Å². The molecule has 5 heteroatoms. The molecule has 1 rings (SSSR count). The predicted octanol–water partition coefficient (Wildman–Crippen LogP) is 0.790. The summed E-state index contributed by atoms with van der Waals surface area (Å²) in [4.78, 5) is 11.8. The van der Waals surface area contributed by atoms with Crippen molar-refractivity contribution in [2.45, 2.75) is 6.92 Å². The molecule has 0 aliphatic carbocycles. The van der Waals surface area contributed by atoms with Gasteiger partial charge in [0.15, 0.2) is 0 Å². The van der Waals surface area contributed by atoms with Crippen LogP contribution in [0.2, 0.25) is 0 Å². The van der Waals surface area contributed by atoms with Crippen LogP contribution in [0.1, 0.15) is 17.3 Å². The van der Waals surface area contributed by atoms with E-state index in [9.17, 15) is 4.79 Å². The third kappa shape index (κ3) is 4.73. The Morgan fingerprint density at radius 2 is 2.11 bits per heavy atom. The van der Waals surface area contributed by atoms with Crippen LogP contribution in [-0.2, 0) is 4.74 Å². The van der Waals surface area contributed by atoms with Crippen molar-refractivity contribution >= 4 is 5.91 Å². The highest BCUT2D eigenvalue weighted by Gasteiger charge is 2.10. The lowest BCUT2D eigenvalue weighted by molar-refractivity contribution is 0.0937. The molecule has 0 spiro atoms. The molecule has 5 nitrogen and oxygen atoms in total. The minimum Gasteiger partial charge on any atom is -0.490 e. The molecule has 1 amide bonds. The van der Waals surface area contributed by atoms with Crippen LogP contribution in [0.25, 0.3) is 0 Å². The highest BCUT2D eigenvalue weighted by atomic mass is 16.5. The van der Waals surface area contributed by atoms with Crippen LogP contribution in [0, 0.1) is 0 Å². The highest BCUT2D eigenvalue weighted by Crippen LogP contribution is 2.17. The summed E-state index contributed by atoms with van der Waals surface area (Å²) in [6.45, 7) is 4.38. The summed E-state index contributed by atoms with van der Waals surface area (Å²) in [5.74, 6) is 0.388. The predicted molar refractivity (Wildman–Crippen MR) is 69.8 cm³/mol. The van der Waals surface area contributed by atoms with Crippen LogP contribution in [0.4, 0.5) is 0 Å². The van der Waals surface area contributed by atoms with E-state index in [2.05, 4.69) is 5.32 Å². The van der Waals surface area contributed by atoms with Gasteiger partial charge < -0.3 is 20.5 Å². The molecule has 0 fully saturated rings. The fraction of sp³-hybridized carbons (Fsp3) is 0.462. The van der Waals surface area contributed by atoms with E-state index in [1.165, 1.54) is 0 Å². The van der Waals surface area contributed by atoms with E-state index in [-0.39, 0.29) is 5.91 Å². The van der Waals surface area contributed by atoms with Gasteiger partial charge in [0.1, 0.15) is 12.4 Å². The minimum atomic E-state index is -0.174. The average Bonchev–Trinajstić information content (AvgIpc) is 2.41. The molecule has 0 bridgehead atoms. The highest BCUT2D eigenvalue weighted by molar-refractivity contribution is 5.96. The van der Waals surface area contributed by atoms with Gasteiger partial charge in [-0.15, -0.1) is 0 Å². The third-order valence-electron chi connectivity index (χ3n) is 2.25. The molecule has 0 saturated carbocycles. The Balaban J connectivity index is 2.58. The summed E-state index contributed by atoms with van der Waals surface area (Å²) >= 11 is 0. The van der Waals surface area contributed by atoms with Gasteiger partial charge in [-0.3, -0.25) is 4.79 Å². The number of carbonyl (C=O) groups is 1. The number of hydrogen-bond donors (Lipinski definition) is 2. The van der Waals surface area contributed by atoms with Gasteiger partial charge in [0.05, 0.1) is 12.2 Å². The summed E-state index contributed by atoms with van der Waals surface area (Å²) < 4.78 is 10.7. The molecule has 0 aliphatic heterocycles. The summed E-state index contributed by atoms with van der Waals surface area (Å²) in [7, 11) is 0. The molecule has 3 N–H and O–H groups in total. The van der Waals surface area contributed by atoms with Gasteiger partial charge in [0.25, 0.3) is 5.91 Å². The maximum Gasteiger partial charge on any atom is 0.255 e. The van der Waals surface area contributed by atoms with Crippen LogP contribution < -0.4 is 15.8 Å². The largest absolute Gasteiger partial charge is 0.490 e. The first-order valence-electron chi connectivity index (χ1n) is 6.07. The Hall–Kier alpha value is -1.59. The maximum absolute atomic E-state index is 11.8. The van der Waals surface area contributed by atoms with E-state index in [0.717, 1.165) is 0 Å². The lowest BCUT2D eigenvalue weighted by atomic mass is 10.2. The fourth-order valence-electron chi connectivity index (χ4n) is 1.42. The molecule has 0 saturated heterocycles. The summed E-state index contributed by atoms with van der Waals surface area (Å²) in [5.41, 5.74) is 5.86. The van der Waals surface area contributed by atoms with Crippen LogP contribution in [0.3, 0.4) is 0 Å². The molecule has 0 aliphatic rings. The van der Waals surface area contributed by atoms with E-state index in [0.29, 0.717) is 44.2 Å². The van der Waals surface area contributed by atoms with Crippen molar-refractivity contribution in [2.75, 3.05) is 32.9 Å². The Morgan fingerprint density at radius 1 is 1.33 bits per heavy atom. The van der Waals surface area contributed by atoms with E-state index in [1.54, 1.807) is 18.2 Å². The summed E-state index contributed by atoms with van der Waals surface area (Å²) in [5, 5.41) is 2.72. The van der Waals surface area contributed by atoms with Gasteiger partial charge in [0.2, 0.25) is 0 Å². The Kier molecular flexibility index (Phi) is 6.83. The van der Waals surface area contributed by atoms with Crippen LogP contribution in [-0.4, -0.2) is 38.8 Å². The fourth-order valence-corrected chi connectivity index (χ4v) is 1.42. The normalized spacial score (nSPS) is 10.1. The molecule has 1 aromatic rings. The second-order valence-electron chi connectivity index (χ2n) is 3.59. The van der Waals surface area contributed by atoms with Gasteiger partial charge in [-0.2, -0.15) is 0 Å². The maximum atomic E-state index is 11.8. The number of amides is 1. The van der Waals surface area contributed by atoms with Crippen molar-refractivity contribution in [3.05, 3.63) is 29.8 Å². The molecule has 0 heterocycles. The van der Waals surface area contributed by atoms with Gasteiger partial charge in [-0.1, -0.05) is 12.1 Å². The SMILES string of the molecule is CCOCCOc1ccccc1C(=O)NCCN. The Morgan fingerprint density at radius 3 is 2.83 bits per heavy atom. The van der Waals surface area contributed by atoms with E-state index in [1.807, 2.05) is 13.0 Å². The molecule has 0 atom stereocenters. The first kappa shape index (κ1) is 14.5. The number of rotatable bonds is 8. The quantitative estimate of drug-likeness (QED) is 0.671. The number of hydrogen-bond acceptors (Lipinski definition) is 4. The third-order valence-corrected chi connectivity index (χ3v) is 2.25. The number of carbonyl (C=O) groups excluding carboxylic acids is 1. The number of benzene rings is 1. The van der Waals surface area contributed by atoms with Crippen molar-refractivity contribution in [3.63, 3.8) is 0 Å². The second-order valence-corrected chi connectivity index (χ2v) is 3.59. The first-order chi connectivity index (χ1) is 8.79. The lowest BCUT2D eigenvalue weighted by Gasteiger charge is -2.11. The van der Waals surface area contributed by atoms with Crippen molar-refractivity contribution in [1.29, 1.82) is 0 Å². The molecule has 100 valence electrons. The summed E-state index contributed by atoms with van der Waals surface area (Å²) in [6.07, 6.45) is 0. The van der Waals surface area contributed by atoms with Gasteiger partial charge in [-0.25, -0.2) is 0 Å². The molecule has 1 aromatic carbocycles. The monoisotopic (exact) mass is 252 g/mol. The zero-order valence-corrected chi connectivity index (χ0v) is 10.6. The van der Waals surface area contributed by atoms with Crippen LogP contribution in [0.15, 0.2) is 24.3 Å². The number of ether oxygens (including phenoxy) is 2. The van der Waals surface area contributed by atoms with Crippen molar-refractivity contribution in [1.82, 2.24) is 5.32 Å².